The standard InChI is InChI=1S/C25H30N2O4/c1-17-12-18(2)14-19(13-17)26-24(29)20-15-25(20)8-10-27(11-9-25)23(28)16-31-22-7-5-4-6-21(22)30-3/h4-7,12-14,20H,8-11,15-16H2,1-3H3,(H,26,29)/t20-/m0/s1. The molecule has 0 bridgehead atoms. The molecular formula is C25H30N2O4. The number of hydrogen-bond acceptors (Lipinski definition) is 4. The smallest absolute Gasteiger partial charge is 0.260 e. The predicted molar refractivity (Wildman–Crippen MR) is 119 cm³/mol. The molecule has 1 aliphatic carbocycles. The van der Waals surface area contributed by atoms with E-state index in [1.54, 1.807) is 19.2 Å². The maximum absolute atomic E-state index is 12.8. The summed E-state index contributed by atoms with van der Waals surface area (Å²) in [6.45, 7) is 5.39. The Labute approximate surface area is 183 Å². The fourth-order valence-electron chi connectivity index (χ4n) is 4.72. The number of nitrogens with zero attached hydrogens (tertiary/aromatic N) is 1. The van der Waals surface area contributed by atoms with Crippen molar-refractivity contribution >= 4 is 17.5 Å². The minimum absolute atomic E-state index is 0.00992. The molecule has 2 amide bonds. The van der Waals surface area contributed by atoms with Crippen LogP contribution >= 0.6 is 0 Å². The number of carbonyl (C=O) groups is 2. The van der Waals surface area contributed by atoms with E-state index in [1.807, 2.05) is 43.0 Å². The molecule has 1 aliphatic heterocycles. The first-order chi connectivity index (χ1) is 14.9. The second-order valence-corrected chi connectivity index (χ2v) is 8.81. The molecule has 2 aromatic carbocycles. The van der Waals surface area contributed by atoms with Gasteiger partial charge in [0.2, 0.25) is 5.91 Å². The molecule has 2 aromatic rings. The van der Waals surface area contributed by atoms with Gasteiger partial charge in [-0.2, -0.15) is 0 Å². The van der Waals surface area contributed by atoms with Crippen molar-refractivity contribution in [2.24, 2.45) is 11.3 Å². The van der Waals surface area contributed by atoms with Crippen LogP contribution in [0.1, 0.15) is 30.4 Å². The number of anilines is 1. The fourth-order valence-corrected chi connectivity index (χ4v) is 4.72. The minimum Gasteiger partial charge on any atom is -0.493 e. The summed E-state index contributed by atoms with van der Waals surface area (Å²) in [6.07, 6.45) is 2.63. The maximum Gasteiger partial charge on any atom is 0.260 e. The van der Waals surface area contributed by atoms with Gasteiger partial charge >= 0.3 is 0 Å². The Balaban J connectivity index is 1.27. The Hall–Kier alpha value is -3.02. The Kier molecular flexibility index (Phi) is 5.90. The number of carbonyl (C=O) groups excluding carboxylic acids is 2. The summed E-state index contributed by atoms with van der Waals surface area (Å²) in [6, 6.07) is 13.4. The van der Waals surface area contributed by atoms with Gasteiger partial charge in [0.25, 0.3) is 5.91 Å². The van der Waals surface area contributed by atoms with Crippen LogP contribution in [0.2, 0.25) is 0 Å². The van der Waals surface area contributed by atoms with E-state index in [0.717, 1.165) is 36.1 Å². The van der Waals surface area contributed by atoms with Crippen LogP contribution in [-0.4, -0.2) is 43.5 Å². The molecule has 2 aliphatic rings. The molecule has 6 nitrogen and oxygen atoms in total. The number of nitrogens with one attached hydrogen (secondary N) is 1. The predicted octanol–water partition coefficient (Wildman–Crippen LogP) is 3.96. The number of rotatable bonds is 6. The molecule has 4 rings (SSSR count). The fraction of sp³-hybridized carbons (Fsp3) is 0.440. The Bertz CT molecular complexity index is 959. The molecule has 1 atom stereocenters. The molecule has 0 aromatic heterocycles. The summed E-state index contributed by atoms with van der Waals surface area (Å²) in [5.74, 6) is 1.29. The first kappa shape index (κ1) is 21.2. The van der Waals surface area contributed by atoms with Gasteiger partial charge in [0.1, 0.15) is 0 Å². The highest BCUT2D eigenvalue weighted by atomic mass is 16.5. The zero-order valence-electron chi connectivity index (χ0n) is 18.4. The molecule has 31 heavy (non-hydrogen) atoms. The second-order valence-electron chi connectivity index (χ2n) is 8.81. The van der Waals surface area contributed by atoms with Crippen molar-refractivity contribution in [1.82, 2.24) is 4.90 Å². The third-order valence-corrected chi connectivity index (χ3v) is 6.53. The van der Waals surface area contributed by atoms with E-state index in [9.17, 15) is 9.59 Å². The summed E-state index contributed by atoms with van der Waals surface area (Å²) in [4.78, 5) is 27.2. The van der Waals surface area contributed by atoms with Crippen molar-refractivity contribution in [3.05, 3.63) is 53.6 Å². The monoisotopic (exact) mass is 422 g/mol. The minimum atomic E-state index is -0.0300. The highest BCUT2D eigenvalue weighted by Gasteiger charge is 2.58. The van der Waals surface area contributed by atoms with Gasteiger partial charge in [-0.3, -0.25) is 9.59 Å². The van der Waals surface area contributed by atoms with Crippen LogP contribution in [0.15, 0.2) is 42.5 Å². The number of piperidine rings is 1. The van der Waals surface area contributed by atoms with Gasteiger partial charge in [0.05, 0.1) is 7.11 Å². The summed E-state index contributed by atoms with van der Waals surface area (Å²) in [5.41, 5.74) is 3.19. The lowest BCUT2D eigenvalue weighted by Crippen LogP contribution is -2.42. The highest BCUT2D eigenvalue weighted by molar-refractivity contribution is 5.95. The summed E-state index contributed by atoms with van der Waals surface area (Å²) in [5, 5.41) is 3.09. The van der Waals surface area contributed by atoms with Gasteiger partial charge < -0.3 is 19.7 Å². The molecule has 1 saturated heterocycles. The highest BCUT2D eigenvalue weighted by Crippen LogP contribution is 2.59. The Morgan fingerprint density at radius 3 is 2.35 bits per heavy atom. The molecular weight excluding hydrogens is 392 g/mol. The lowest BCUT2D eigenvalue weighted by Gasteiger charge is -2.32. The number of likely N-dealkylation sites (tertiary alicyclic amines) is 1. The van der Waals surface area contributed by atoms with Crippen molar-refractivity contribution in [3.63, 3.8) is 0 Å². The average molecular weight is 423 g/mol. The molecule has 1 saturated carbocycles. The lowest BCUT2D eigenvalue weighted by molar-refractivity contribution is -0.135. The Morgan fingerprint density at radius 2 is 1.71 bits per heavy atom. The number of amides is 2. The van der Waals surface area contributed by atoms with Crippen molar-refractivity contribution in [1.29, 1.82) is 0 Å². The van der Waals surface area contributed by atoms with Gasteiger partial charge in [-0.05, 0) is 73.9 Å². The van der Waals surface area contributed by atoms with Crippen LogP contribution in [0.5, 0.6) is 11.5 Å². The molecule has 2 fully saturated rings. The van der Waals surface area contributed by atoms with E-state index in [0.29, 0.717) is 24.6 Å². The third kappa shape index (κ3) is 4.68. The van der Waals surface area contributed by atoms with Crippen molar-refractivity contribution in [2.45, 2.75) is 33.1 Å². The van der Waals surface area contributed by atoms with Gasteiger partial charge in [0, 0.05) is 24.7 Å². The quantitative estimate of drug-likeness (QED) is 0.765. The topological polar surface area (TPSA) is 67.9 Å². The number of para-hydroxylation sites is 2. The van der Waals surface area contributed by atoms with E-state index >= 15 is 0 Å². The van der Waals surface area contributed by atoms with Crippen LogP contribution in [0, 0.1) is 25.2 Å². The molecule has 1 spiro atoms. The van der Waals surface area contributed by atoms with E-state index in [1.165, 1.54) is 0 Å². The van der Waals surface area contributed by atoms with E-state index in [2.05, 4.69) is 11.4 Å². The Morgan fingerprint density at radius 1 is 1.06 bits per heavy atom. The van der Waals surface area contributed by atoms with E-state index < -0.39 is 0 Å². The number of hydrogen-bond donors (Lipinski definition) is 1. The number of methoxy groups -OCH3 is 1. The van der Waals surface area contributed by atoms with Gasteiger partial charge in [-0.25, -0.2) is 0 Å². The largest absolute Gasteiger partial charge is 0.493 e. The molecule has 1 N–H and O–H groups in total. The van der Waals surface area contributed by atoms with Crippen LogP contribution in [0.4, 0.5) is 5.69 Å². The first-order valence-electron chi connectivity index (χ1n) is 10.8. The van der Waals surface area contributed by atoms with Crippen LogP contribution in [-0.2, 0) is 9.59 Å². The van der Waals surface area contributed by atoms with Crippen molar-refractivity contribution in [2.75, 3.05) is 32.1 Å². The first-order valence-corrected chi connectivity index (χ1v) is 10.8. The number of aryl methyl sites for hydroxylation is 2. The van der Waals surface area contributed by atoms with Gasteiger partial charge in [-0.15, -0.1) is 0 Å². The van der Waals surface area contributed by atoms with Crippen molar-refractivity contribution < 1.29 is 19.1 Å². The molecule has 0 radical (unpaired) electrons. The lowest BCUT2D eigenvalue weighted by atomic mass is 9.90. The zero-order chi connectivity index (χ0) is 22.0. The summed E-state index contributed by atoms with van der Waals surface area (Å²) < 4.78 is 10.9. The molecule has 0 unspecified atom stereocenters. The van der Waals surface area contributed by atoms with Crippen LogP contribution < -0.4 is 14.8 Å². The average Bonchev–Trinajstić information content (AvgIpc) is 3.45. The van der Waals surface area contributed by atoms with Gasteiger partial charge in [0.15, 0.2) is 18.1 Å². The SMILES string of the molecule is COc1ccccc1OCC(=O)N1CCC2(CC1)C[C@H]2C(=O)Nc1cc(C)cc(C)c1. The number of ether oxygens (including phenoxy) is 2. The van der Waals surface area contributed by atoms with E-state index in [4.69, 9.17) is 9.47 Å². The molecule has 164 valence electrons. The summed E-state index contributed by atoms with van der Waals surface area (Å²) >= 11 is 0. The van der Waals surface area contributed by atoms with Crippen LogP contribution in [0.25, 0.3) is 0 Å². The van der Waals surface area contributed by atoms with Crippen LogP contribution in [0.3, 0.4) is 0 Å². The third-order valence-electron chi connectivity index (χ3n) is 6.53. The van der Waals surface area contributed by atoms with E-state index in [-0.39, 0.29) is 29.8 Å². The molecule has 1 heterocycles. The van der Waals surface area contributed by atoms with Gasteiger partial charge in [-0.1, -0.05) is 18.2 Å². The normalized spacial score (nSPS) is 19.1. The molecule has 6 heteroatoms. The zero-order valence-corrected chi connectivity index (χ0v) is 18.4. The second kappa shape index (κ2) is 8.61. The van der Waals surface area contributed by atoms with Crippen molar-refractivity contribution in [3.8, 4) is 11.5 Å². The number of benzene rings is 2. The maximum atomic E-state index is 12.8. The summed E-state index contributed by atoms with van der Waals surface area (Å²) in [7, 11) is 1.58.